The van der Waals surface area contributed by atoms with Gasteiger partial charge < -0.3 is 9.88 Å². The molecular weight excluding hydrogens is 368 g/mol. The fourth-order valence-electron chi connectivity index (χ4n) is 3.29. The van der Waals surface area contributed by atoms with E-state index in [0.717, 1.165) is 36.5 Å². The van der Waals surface area contributed by atoms with Crippen LogP contribution in [0.4, 0.5) is 11.4 Å². The van der Waals surface area contributed by atoms with Gasteiger partial charge in [0.05, 0.1) is 16.8 Å². The molecule has 1 N–H and O–H groups in total. The van der Waals surface area contributed by atoms with Crippen molar-refractivity contribution in [1.29, 1.82) is 0 Å². The van der Waals surface area contributed by atoms with Crippen LogP contribution < -0.4 is 5.32 Å². The Morgan fingerprint density at radius 1 is 1.26 bits per heavy atom. The fraction of sp³-hybridized carbons (Fsp3) is 0.158. The zero-order valence-electron chi connectivity index (χ0n) is 14.2. The summed E-state index contributed by atoms with van der Waals surface area (Å²) < 4.78 is 2.17. The number of aromatic nitrogens is 2. The van der Waals surface area contributed by atoms with E-state index in [9.17, 15) is 14.9 Å². The van der Waals surface area contributed by atoms with E-state index in [2.05, 4.69) is 14.9 Å². The summed E-state index contributed by atoms with van der Waals surface area (Å²) in [5.74, 6) is 0.480. The second-order valence-electron chi connectivity index (χ2n) is 6.27. The molecule has 1 amide bonds. The van der Waals surface area contributed by atoms with Crippen molar-refractivity contribution in [2.45, 2.75) is 19.4 Å². The highest BCUT2D eigenvalue weighted by Crippen LogP contribution is 2.28. The number of hydrogen-bond donors (Lipinski definition) is 1. The van der Waals surface area contributed by atoms with E-state index in [4.69, 9.17) is 11.6 Å². The number of fused-ring (bicyclic) bond motifs is 1. The number of imidazole rings is 1. The Morgan fingerprint density at radius 2 is 2.11 bits per heavy atom. The molecule has 0 saturated heterocycles. The summed E-state index contributed by atoms with van der Waals surface area (Å²) in [6.07, 6.45) is 3.87. The summed E-state index contributed by atoms with van der Waals surface area (Å²) in [5, 5.41) is 14.2. The Bertz CT molecular complexity index is 1060. The van der Waals surface area contributed by atoms with Crippen molar-refractivity contribution in [3.8, 4) is 11.3 Å². The number of carbonyl (C=O) groups excluding carboxylic acids is 1. The maximum Gasteiger partial charge on any atom is 0.282 e. The average molecular weight is 383 g/mol. The van der Waals surface area contributed by atoms with Crippen LogP contribution >= 0.6 is 11.6 Å². The van der Waals surface area contributed by atoms with E-state index in [0.29, 0.717) is 5.69 Å². The maximum atomic E-state index is 12.6. The highest BCUT2D eigenvalue weighted by Gasteiger charge is 2.21. The highest BCUT2D eigenvalue weighted by molar-refractivity contribution is 6.31. The van der Waals surface area contributed by atoms with E-state index >= 15 is 0 Å². The van der Waals surface area contributed by atoms with Crippen LogP contribution in [0, 0.1) is 10.1 Å². The van der Waals surface area contributed by atoms with Gasteiger partial charge >= 0.3 is 0 Å². The number of nitrogens with one attached hydrogen (secondary N) is 1. The third-order valence-corrected chi connectivity index (χ3v) is 4.77. The van der Waals surface area contributed by atoms with Crippen LogP contribution in [0.3, 0.4) is 0 Å². The summed E-state index contributed by atoms with van der Waals surface area (Å²) in [4.78, 5) is 27.6. The van der Waals surface area contributed by atoms with Gasteiger partial charge in [0.15, 0.2) is 0 Å². The summed E-state index contributed by atoms with van der Waals surface area (Å²) in [6.45, 7) is 0.927. The Kier molecular flexibility index (Phi) is 4.37. The normalized spacial score (nSPS) is 12.6. The number of aryl methyl sites for hydroxylation is 1. The number of benzene rings is 2. The summed E-state index contributed by atoms with van der Waals surface area (Å²) in [6, 6.07) is 11.2. The molecule has 136 valence electrons. The van der Waals surface area contributed by atoms with Crippen molar-refractivity contribution in [3.63, 3.8) is 0 Å². The van der Waals surface area contributed by atoms with Crippen molar-refractivity contribution >= 4 is 28.9 Å². The topological polar surface area (TPSA) is 90.1 Å². The SMILES string of the molecule is O=C(Nc1cccc(-c2cnc3n2CCC3)c1)c1cc(Cl)ccc1[N+](=O)[O-]. The van der Waals surface area contributed by atoms with Crippen LogP contribution in [0.15, 0.2) is 48.7 Å². The first-order valence-corrected chi connectivity index (χ1v) is 8.81. The van der Waals surface area contributed by atoms with E-state index < -0.39 is 10.8 Å². The lowest BCUT2D eigenvalue weighted by Crippen LogP contribution is -2.14. The van der Waals surface area contributed by atoms with Crippen LogP contribution in [-0.4, -0.2) is 20.4 Å². The van der Waals surface area contributed by atoms with Crippen LogP contribution in [0.2, 0.25) is 5.02 Å². The molecule has 0 atom stereocenters. The molecule has 0 fully saturated rings. The third-order valence-electron chi connectivity index (χ3n) is 4.54. The molecule has 3 aromatic rings. The molecule has 1 aliphatic heterocycles. The summed E-state index contributed by atoms with van der Waals surface area (Å²) in [5.41, 5.74) is 2.09. The van der Waals surface area contributed by atoms with Crippen LogP contribution in [0.25, 0.3) is 11.3 Å². The molecule has 4 rings (SSSR count). The van der Waals surface area contributed by atoms with E-state index in [1.807, 2.05) is 24.4 Å². The molecule has 2 aromatic carbocycles. The number of halogens is 1. The smallest absolute Gasteiger partial charge is 0.282 e. The lowest BCUT2D eigenvalue weighted by atomic mass is 10.1. The lowest BCUT2D eigenvalue weighted by Gasteiger charge is -2.09. The van der Waals surface area contributed by atoms with Crippen LogP contribution in [-0.2, 0) is 13.0 Å². The molecule has 0 spiro atoms. The molecule has 27 heavy (non-hydrogen) atoms. The van der Waals surface area contributed by atoms with E-state index in [1.54, 1.807) is 6.07 Å². The van der Waals surface area contributed by atoms with Gasteiger partial charge in [-0.1, -0.05) is 23.7 Å². The Morgan fingerprint density at radius 3 is 2.93 bits per heavy atom. The minimum Gasteiger partial charge on any atom is -0.328 e. The monoisotopic (exact) mass is 382 g/mol. The number of carbonyl (C=O) groups is 1. The second kappa shape index (κ2) is 6.85. The van der Waals surface area contributed by atoms with Gasteiger partial charge in [-0.05, 0) is 30.7 Å². The van der Waals surface area contributed by atoms with Gasteiger partial charge in [-0.25, -0.2) is 4.98 Å². The predicted octanol–water partition coefficient (Wildman–Crippen LogP) is 4.31. The largest absolute Gasteiger partial charge is 0.328 e. The molecular formula is C19H15ClN4O3. The number of nitro groups is 1. The Hall–Kier alpha value is -3.19. The molecule has 0 saturated carbocycles. The van der Waals surface area contributed by atoms with Crippen molar-refractivity contribution < 1.29 is 9.72 Å². The Balaban J connectivity index is 1.63. The van der Waals surface area contributed by atoms with Crippen molar-refractivity contribution in [2.75, 3.05) is 5.32 Å². The fourth-order valence-corrected chi connectivity index (χ4v) is 3.46. The zero-order chi connectivity index (χ0) is 19.0. The molecule has 8 heteroatoms. The molecule has 0 aliphatic carbocycles. The van der Waals surface area contributed by atoms with Crippen LogP contribution in [0.1, 0.15) is 22.6 Å². The second-order valence-corrected chi connectivity index (χ2v) is 6.70. The van der Waals surface area contributed by atoms with Gasteiger partial charge in [-0.15, -0.1) is 0 Å². The lowest BCUT2D eigenvalue weighted by molar-refractivity contribution is -0.385. The number of nitro benzene ring substituents is 1. The first kappa shape index (κ1) is 17.2. The summed E-state index contributed by atoms with van der Waals surface area (Å²) in [7, 11) is 0. The van der Waals surface area contributed by atoms with Gasteiger partial charge in [0, 0.05) is 35.3 Å². The van der Waals surface area contributed by atoms with Gasteiger partial charge in [0.25, 0.3) is 11.6 Å². The number of rotatable bonds is 4. The molecule has 2 heterocycles. The van der Waals surface area contributed by atoms with E-state index in [1.165, 1.54) is 18.2 Å². The average Bonchev–Trinajstić information content (AvgIpc) is 3.25. The first-order chi connectivity index (χ1) is 13.0. The highest BCUT2D eigenvalue weighted by atomic mass is 35.5. The summed E-state index contributed by atoms with van der Waals surface area (Å²) >= 11 is 5.90. The Labute approximate surface area is 159 Å². The van der Waals surface area contributed by atoms with E-state index in [-0.39, 0.29) is 16.3 Å². The first-order valence-electron chi connectivity index (χ1n) is 8.43. The minimum absolute atomic E-state index is 0.0804. The molecule has 0 unspecified atom stereocenters. The van der Waals surface area contributed by atoms with Gasteiger partial charge in [-0.3, -0.25) is 14.9 Å². The van der Waals surface area contributed by atoms with Gasteiger partial charge in [-0.2, -0.15) is 0 Å². The quantitative estimate of drug-likeness (QED) is 0.537. The third kappa shape index (κ3) is 3.29. The van der Waals surface area contributed by atoms with Crippen molar-refractivity contribution in [1.82, 2.24) is 9.55 Å². The number of anilines is 1. The number of nitrogens with zero attached hydrogens (tertiary/aromatic N) is 3. The predicted molar refractivity (Wildman–Crippen MR) is 102 cm³/mol. The number of hydrogen-bond acceptors (Lipinski definition) is 4. The zero-order valence-corrected chi connectivity index (χ0v) is 14.9. The molecule has 1 aliphatic rings. The van der Waals surface area contributed by atoms with Crippen molar-refractivity contribution in [2.24, 2.45) is 0 Å². The molecule has 0 radical (unpaired) electrons. The standard InChI is InChI=1S/C19H15ClN4O3/c20-13-6-7-16(24(26)27)15(10-13)19(25)22-14-4-1-3-12(9-14)17-11-21-18-5-2-8-23(17)18/h1,3-4,6-7,9-11H,2,5,8H2,(H,22,25). The molecule has 0 bridgehead atoms. The minimum atomic E-state index is -0.600. The van der Waals surface area contributed by atoms with Gasteiger partial charge in [0.1, 0.15) is 11.4 Å². The maximum absolute atomic E-state index is 12.6. The van der Waals surface area contributed by atoms with Gasteiger partial charge in [0.2, 0.25) is 0 Å². The molecule has 7 nitrogen and oxygen atoms in total. The number of amides is 1. The van der Waals surface area contributed by atoms with Crippen LogP contribution in [0.5, 0.6) is 0 Å². The van der Waals surface area contributed by atoms with Crippen molar-refractivity contribution in [3.05, 3.63) is 75.2 Å². The molecule has 1 aromatic heterocycles.